The third-order valence-corrected chi connectivity index (χ3v) is 6.93. The van der Waals surface area contributed by atoms with E-state index in [4.69, 9.17) is 14.5 Å². The average Bonchev–Trinajstić information content (AvgIpc) is 3.24. The zero-order valence-electron chi connectivity index (χ0n) is 20.9. The highest BCUT2D eigenvalue weighted by Crippen LogP contribution is 2.45. The highest BCUT2D eigenvalue weighted by atomic mass is 32.2. The number of benzene rings is 1. The molecule has 0 saturated carbocycles. The molecule has 1 aromatic carbocycles. The summed E-state index contributed by atoms with van der Waals surface area (Å²) in [5.41, 5.74) is 5.98. The van der Waals surface area contributed by atoms with Crippen molar-refractivity contribution in [3.8, 4) is 0 Å². The molecule has 0 spiro atoms. The van der Waals surface area contributed by atoms with E-state index in [-0.39, 0.29) is 18.9 Å². The van der Waals surface area contributed by atoms with Crippen LogP contribution in [-0.4, -0.2) is 47.3 Å². The topological polar surface area (TPSA) is 93.1 Å². The molecule has 0 unspecified atom stereocenters. The standard InChI is InChI=1S/C27H30N4O4S/c1-17-5-6-22(18(2)13-17)25-24(26(33)35-12-11-34-4)19(3)30-27-31(25)21(16-36-27)14-23(32)29-15-20-7-9-28-10-8-20/h5-10,13,16,25H,11-12,14-15H2,1-4H3,(H,29,32)/t25-/m1/s1. The number of hydrogen-bond acceptors (Lipinski definition) is 8. The molecule has 9 heteroatoms. The number of rotatable bonds is 9. The maximum Gasteiger partial charge on any atom is 0.338 e. The van der Waals surface area contributed by atoms with Gasteiger partial charge in [-0.1, -0.05) is 35.5 Å². The van der Waals surface area contributed by atoms with E-state index in [2.05, 4.69) is 16.4 Å². The van der Waals surface area contributed by atoms with Crippen LogP contribution in [0.3, 0.4) is 0 Å². The van der Waals surface area contributed by atoms with Crippen LogP contribution in [0, 0.1) is 13.8 Å². The van der Waals surface area contributed by atoms with Gasteiger partial charge in [0.2, 0.25) is 5.91 Å². The predicted octanol–water partition coefficient (Wildman–Crippen LogP) is 4.17. The molecule has 0 aliphatic carbocycles. The smallest absolute Gasteiger partial charge is 0.338 e. The number of thioether (sulfide) groups is 1. The number of ether oxygens (including phenoxy) is 2. The second kappa shape index (κ2) is 11.5. The van der Waals surface area contributed by atoms with Gasteiger partial charge in [-0.3, -0.25) is 9.78 Å². The Balaban J connectivity index is 1.62. The van der Waals surface area contributed by atoms with Gasteiger partial charge in [0.25, 0.3) is 0 Å². The number of carbonyl (C=O) groups is 2. The number of carbonyl (C=O) groups excluding carboxylic acids is 2. The van der Waals surface area contributed by atoms with Gasteiger partial charge in [0.1, 0.15) is 6.61 Å². The molecule has 1 N–H and O–H groups in total. The molecule has 8 nitrogen and oxygen atoms in total. The van der Waals surface area contributed by atoms with Crippen molar-refractivity contribution in [2.45, 2.75) is 39.8 Å². The van der Waals surface area contributed by atoms with Gasteiger partial charge < -0.3 is 19.7 Å². The first-order valence-electron chi connectivity index (χ1n) is 11.7. The molecule has 3 heterocycles. The first kappa shape index (κ1) is 25.7. The van der Waals surface area contributed by atoms with Crippen LogP contribution in [0.2, 0.25) is 0 Å². The fraction of sp³-hybridized carbons (Fsp3) is 0.333. The summed E-state index contributed by atoms with van der Waals surface area (Å²) in [4.78, 5) is 36.9. The summed E-state index contributed by atoms with van der Waals surface area (Å²) >= 11 is 1.46. The fourth-order valence-electron chi connectivity index (χ4n) is 4.28. The number of amidine groups is 1. The highest BCUT2D eigenvalue weighted by molar-refractivity contribution is 8.16. The zero-order valence-corrected chi connectivity index (χ0v) is 21.7. The molecule has 0 fully saturated rings. The molecule has 2 aliphatic heterocycles. The van der Waals surface area contributed by atoms with Crippen LogP contribution < -0.4 is 5.32 Å². The number of aliphatic imine (C=N–C) groups is 1. The van der Waals surface area contributed by atoms with Gasteiger partial charge in [-0.2, -0.15) is 0 Å². The van der Waals surface area contributed by atoms with Gasteiger partial charge in [-0.25, -0.2) is 9.79 Å². The predicted molar refractivity (Wildman–Crippen MR) is 140 cm³/mol. The van der Waals surface area contributed by atoms with Gasteiger partial charge in [-0.15, -0.1) is 0 Å². The van der Waals surface area contributed by atoms with E-state index in [9.17, 15) is 9.59 Å². The Morgan fingerprint density at radius 3 is 2.61 bits per heavy atom. The number of amides is 1. The minimum atomic E-state index is -0.456. The van der Waals surface area contributed by atoms with Crippen molar-refractivity contribution >= 4 is 28.8 Å². The summed E-state index contributed by atoms with van der Waals surface area (Å²) in [6.07, 6.45) is 3.55. The zero-order chi connectivity index (χ0) is 25.7. The molecule has 1 amide bonds. The summed E-state index contributed by atoms with van der Waals surface area (Å²) in [7, 11) is 1.56. The van der Waals surface area contributed by atoms with Gasteiger partial charge in [-0.05, 0) is 55.0 Å². The lowest BCUT2D eigenvalue weighted by atomic mass is 9.90. The van der Waals surface area contributed by atoms with Crippen molar-refractivity contribution in [1.82, 2.24) is 15.2 Å². The van der Waals surface area contributed by atoms with E-state index >= 15 is 0 Å². The molecule has 0 saturated heterocycles. The molecule has 0 radical (unpaired) electrons. The van der Waals surface area contributed by atoms with Gasteiger partial charge >= 0.3 is 5.97 Å². The van der Waals surface area contributed by atoms with Crippen LogP contribution in [0.15, 0.2) is 70.1 Å². The Labute approximate surface area is 215 Å². The van der Waals surface area contributed by atoms with Crippen molar-refractivity contribution in [3.05, 3.63) is 87.4 Å². The number of aromatic nitrogens is 1. The number of nitrogens with one attached hydrogen (secondary N) is 1. The van der Waals surface area contributed by atoms with E-state index in [1.165, 1.54) is 11.8 Å². The molecule has 1 atom stereocenters. The number of pyridine rings is 1. The Kier molecular flexibility index (Phi) is 8.22. The Morgan fingerprint density at radius 1 is 1.11 bits per heavy atom. The van der Waals surface area contributed by atoms with Crippen LogP contribution in [-0.2, 0) is 25.6 Å². The number of nitrogens with zero attached hydrogens (tertiary/aromatic N) is 3. The Bertz CT molecular complexity index is 1240. The van der Waals surface area contributed by atoms with Crippen LogP contribution >= 0.6 is 11.8 Å². The summed E-state index contributed by atoms with van der Waals surface area (Å²) in [5.74, 6) is -0.550. The molecule has 2 aromatic rings. The van der Waals surface area contributed by atoms with Crippen molar-refractivity contribution in [2.24, 2.45) is 4.99 Å². The van der Waals surface area contributed by atoms with Gasteiger partial charge in [0, 0.05) is 31.7 Å². The molecule has 1 aromatic heterocycles. The average molecular weight is 507 g/mol. The molecule has 36 heavy (non-hydrogen) atoms. The Hall–Kier alpha value is -3.43. The lowest BCUT2D eigenvalue weighted by Crippen LogP contribution is -2.38. The third-order valence-electron chi connectivity index (χ3n) is 6.04. The van der Waals surface area contributed by atoms with Gasteiger partial charge in [0.05, 0.1) is 30.3 Å². The second-order valence-corrected chi connectivity index (χ2v) is 9.53. The highest BCUT2D eigenvalue weighted by Gasteiger charge is 2.41. The number of methoxy groups -OCH3 is 1. The number of allylic oxidation sites excluding steroid dienone is 1. The van der Waals surface area contributed by atoms with Crippen molar-refractivity contribution in [1.29, 1.82) is 0 Å². The molecular formula is C27H30N4O4S. The number of hydrogen-bond donors (Lipinski definition) is 1. The summed E-state index contributed by atoms with van der Waals surface area (Å²) in [6.45, 7) is 6.77. The van der Waals surface area contributed by atoms with Crippen LogP contribution in [0.1, 0.15) is 41.6 Å². The van der Waals surface area contributed by atoms with Crippen LogP contribution in [0.5, 0.6) is 0 Å². The van der Waals surface area contributed by atoms with E-state index in [1.807, 2.05) is 55.3 Å². The van der Waals surface area contributed by atoms with Crippen LogP contribution in [0.25, 0.3) is 0 Å². The van der Waals surface area contributed by atoms with Crippen molar-refractivity contribution < 1.29 is 19.1 Å². The molecule has 188 valence electrons. The number of fused-ring (bicyclic) bond motifs is 1. The second-order valence-electron chi connectivity index (χ2n) is 8.69. The lowest BCUT2D eigenvalue weighted by molar-refractivity contribution is -0.141. The summed E-state index contributed by atoms with van der Waals surface area (Å²) in [5, 5.41) is 5.65. The van der Waals surface area contributed by atoms with E-state index in [1.54, 1.807) is 19.5 Å². The summed E-state index contributed by atoms with van der Waals surface area (Å²) < 4.78 is 10.6. The Morgan fingerprint density at radius 2 is 1.89 bits per heavy atom. The fourth-order valence-corrected chi connectivity index (χ4v) is 5.25. The maximum atomic E-state index is 13.3. The maximum absolute atomic E-state index is 13.3. The SMILES string of the molecule is COCCOC(=O)C1=C(C)N=C2SC=C(CC(=O)NCc3ccncc3)N2[C@@H]1c1ccc(C)cc1C. The monoisotopic (exact) mass is 506 g/mol. The first-order valence-corrected chi connectivity index (χ1v) is 12.6. The molecule has 0 bridgehead atoms. The number of aryl methyl sites for hydroxylation is 2. The number of esters is 1. The molecule has 2 aliphatic rings. The van der Waals surface area contributed by atoms with E-state index in [0.29, 0.717) is 24.4 Å². The molecule has 4 rings (SSSR count). The normalized spacial score (nSPS) is 16.9. The van der Waals surface area contributed by atoms with Gasteiger partial charge in [0.15, 0.2) is 5.17 Å². The van der Waals surface area contributed by atoms with Crippen LogP contribution in [0.4, 0.5) is 0 Å². The first-order chi connectivity index (χ1) is 17.4. The van der Waals surface area contributed by atoms with E-state index < -0.39 is 12.0 Å². The van der Waals surface area contributed by atoms with Crippen molar-refractivity contribution in [3.63, 3.8) is 0 Å². The van der Waals surface area contributed by atoms with E-state index in [0.717, 1.165) is 33.1 Å². The van der Waals surface area contributed by atoms with Crippen molar-refractivity contribution in [2.75, 3.05) is 20.3 Å². The largest absolute Gasteiger partial charge is 0.460 e. The quantitative estimate of drug-likeness (QED) is 0.403. The third kappa shape index (κ3) is 5.68. The summed E-state index contributed by atoms with van der Waals surface area (Å²) in [6, 6.07) is 9.44. The minimum absolute atomic E-state index is 0.116. The molecular weight excluding hydrogens is 476 g/mol. The lowest BCUT2D eigenvalue weighted by Gasteiger charge is -2.37. The minimum Gasteiger partial charge on any atom is -0.460 e.